The number of nitrogens with one attached hydrogen (secondary N) is 1. The second-order valence-corrected chi connectivity index (χ2v) is 6.01. The largest absolute Gasteiger partial charge is 0.395 e. The van der Waals surface area contributed by atoms with Gasteiger partial charge in [0.05, 0.1) is 11.5 Å². The second kappa shape index (κ2) is 5.77. The molecule has 1 aliphatic rings. The van der Waals surface area contributed by atoms with E-state index in [-0.39, 0.29) is 12.5 Å². The van der Waals surface area contributed by atoms with Crippen LogP contribution in [0.1, 0.15) is 27.2 Å². The monoisotopic (exact) mass is 287 g/mol. The van der Waals surface area contributed by atoms with E-state index >= 15 is 0 Å². The van der Waals surface area contributed by atoms with Gasteiger partial charge in [0, 0.05) is 11.4 Å². The highest BCUT2D eigenvalue weighted by atomic mass is 32.1. The van der Waals surface area contributed by atoms with E-state index in [0.29, 0.717) is 6.54 Å². The maximum absolute atomic E-state index is 12.0. The van der Waals surface area contributed by atoms with Crippen LogP contribution in [-0.4, -0.2) is 24.2 Å². The van der Waals surface area contributed by atoms with Crippen molar-refractivity contribution in [1.82, 2.24) is 5.32 Å². The summed E-state index contributed by atoms with van der Waals surface area (Å²) in [6, 6.07) is 10.5. The standard InChI is InChI=1S/C16H17NO2S/c18-9-8-17-16(19)14-10-12-6-3-5-11-4-1-2-7-13(11)15(12)20-14/h1-2,4,7,10,18H,3,5-6,8-9H2,(H,17,19). The Morgan fingerprint density at radius 2 is 2.05 bits per heavy atom. The molecule has 0 atom stereocenters. The summed E-state index contributed by atoms with van der Waals surface area (Å²) in [4.78, 5) is 14.0. The molecular formula is C16H17NO2S. The van der Waals surface area contributed by atoms with E-state index in [4.69, 9.17) is 5.11 Å². The number of aliphatic hydroxyl groups is 1. The number of rotatable bonds is 3. The Bertz CT molecular complexity index is 633. The molecular weight excluding hydrogens is 270 g/mol. The van der Waals surface area contributed by atoms with Gasteiger partial charge in [-0.2, -0.15) is 0 Å². The zero-order valence-electron chi connectivity index (χ0n) is 11.2. The van der Waals surface area contributed by atoms with Gasteiger partial charge in [0.25, 0.3) is 5.91 Å². The molecule has 0 spiro atoms. The average molecular weight is 287 g/mol. The van der Waals surface area contributed by atoms with Crippen molar-refractivity contribution in [3.63, 3.8) is 0 Å². The lowest BCUT2D eigenvalue weighted by Gasteiger charge is -2.04. The fourth-order valence-corrected chi connectivity index (χ4v) is 3.83. The van der Waals surface area contributed by atoms with Crippen LogP contribution in [-0.2, 0) is 12.8 Å². The van der Waals surface area contributed by atoms with Gasteiger partial charge >= 0.3 is 0 Å². The summed E-state index contributed by atoms with van der Waals surface area (Å²) in [5.41, 5.74) is 3.91. The summed E-state index contributed by atoms with van der Waals surface area (Å²) in [5.74, 6) is -0.0883. The van der Waals surface area contributed by atoms with E-state index in [2.05, 4.69) is 29.6 Å². The molecule has 0 fully saturated rings. The molecule has 1 heterocycles. The molecule has 4 heteroatoms. The minimum atomic E-state index is -0.0883. The van der Waals surface area contributed by atoms with Gasteiger partial charge in [-0.05, 0) is 42.0 Å². The Morgan fingerprint density at radius 1 is 1.25 bits per heavy atom. The lowest BCUT2D eigenvalue weighted by atomic mass is 10.0. The van der Waals surface area contributed by atoms with Gasteiger partial charge in [0.1, 0.15) is 0 Å². The quantitative estimate of drug-likeness (QED) is 0.911. The Morgan fingerprint density at radius 3 is 2.90 bits per heavy atom. The number of hydrogen-bond acceptors (Lipinski definition) is 3. The van der Waals surface area contributed by atoms with E-state index in [1.165, 1.54) is 21.6 Å². The summed E-state index contributed by atoms with van der Waals surface area (Å²) in [6.45, 7) is 0.275. The molecule has 3 nitrogen and oxygen atoms in total. The van der Waals surface area contributed by atoms with Gasteiger partial charge in [-0.1, -0.05) is 24.3 Å². The predicted molar refractivity (Wildman–Crippen MR) is 81.2 cm³/mol. The maximum Gasteiger partial charge on any atom is 0.261 e. The van der Waals surface area contributed by atoms with Crippen molar-refractivity contribution in [3.05, 3.63) is 46.3 Å². The van der Waals surface area contributed by atoms with E-state index < -0.39 is 0 Å². The fraction of sp³-hybridized carbons (Fsp3) is 0.312. The first kappa shape index (κ1) is 13.3. The molecule has 1 aliphatic carbocycles. The zero-order valence-corrected chi connectivity index (χ0v) is 12.0. The SMILES string of the molecule is O=C(NCCO)c1cc2c(s1)-c1ccccc1CCC2. The van der Waals surface area contributed by atoms with Crippen LogP contribution in [0.15, 0.2) is 30.3 Å². The summed E-state index contributed by atoms with van der Waals surface area (Å²) >= 11 is 1.56. The zero-order chi connectivity index (χ0) is 13.9. The first-order valence-electron chi connectivity index (χ1n) is 6.89. The van der Waals surface area contributed by atoms with Gasteiger partial charge < -0.3 is 10.4 Å². The Labute approximate surface area is 122 Å². The lowest BCUT2D eigenvalue weighted by molar-refractivity contribution is 0.0949. The summed E-state index contributed by atoms with van der Waals surface area (Å²) < 4.78 is 0. The van der Waals surface area contributed by atoms with Gasteiger partial charge in [0.2, 0.25) is 0 Å². The molecule has 1 aromatic heterocycles. The van der Waals surface area contributed by atoms with Crippen LogP contribution in [0, 0.1) is 0 Å². The number of fused-ring (bicyclic) bond motifs is 3. The van der Waals surface area contributed by atoms with Crippen LogP contribution in [0.25, 0.3) is 10.4 Å². The predicted octanol–water partition coefficient (Wildman–Crippen LogP) is 2.63. The third kappa shape index (κ3) is 2.49. The number of amides is 1. The molecule has 1 aromatic carbocycles. The van der Waals surface area contributed by atoms with Crippen molar-refractivity contribution >= 4 is 17.2 Å². The highest BCUT2D eigenvalue weighted by molar-refractivity contribution is 7.17. The minimum Gasteiger partial charge on any atom is -0.395 e. The number of aliphatic hydroxyl groups excluding tert-OH is 1. The lowest BCUT2D eigenvalue weighted by Crippen LogP contribution is -2.25. The van der Waals surface area contributed by atoms with Gasteiger partial charge in [-0.25, -0.2) is 0 Å². The maximum atomic E-state index is 12.0. The molecule has 3 rings (SSSR count). The van der Waals surface area contributed by atoms with Crippen molar-refractivity contribution in [3.8, 4) is 10.4 Å². The highest BCUT2D eigenvalue weighted by Crippen LogP contribution is 2.38. The van der Waals surface area contributed by atoms with Crippen molar-refractivity contribution in [2.24, 2.45) is 0 Å². The Hall–Kier alpha value is -1.65. The molecule has 0 aliphatic heterocycles. The number of hydrogen-bond donors (Lipinski definition) is 2. The first-order valence-corrected chi connectivity index (χ1v) is 7.71. The van der Waals surface area contributed by atoms with Gasteiger partial charge in [0.15, 0.2) is 0 Å². The van der Waals surface area contributed by atoms with E-state index in [9.17, 15) is 4.79 Å². The van der Waals surface area contributed by atoms with Gasteiger partial charge in [-0.15, -0.1) is 11.3 Å². The third-order valence-corrected chi connectivity index (χ3v) is 4.79. The van der Waals surface area contributed by atoms with Crippen LogP contribution >= 0.6 is 11.3 Å². The molecule has 2 N–H and O–H groups in total. The summed E-state index contributed by atoms with van der Waals surface area (Å²) in [6.07, 6.45) is 3.25. The molecule has 1 amide bonds. The molecule has 0 saturated heterocycles. The Kier molecular flexibility index (Phi) is 3.85. The third-order valence-electron chi connectivity index (χ3n) is 3.58. The van der Waals surface area contributed by atoms with E-state index in [0.717, 1.165) is 24.1 Å². The number of aryl methyl sites for hydroxylation is 2. The molecule has 0 bridgehead atoms. The average Bonchev–Trinajstić information content (AvgIpc) is 2.82. The van der Waals surface area contributed by atoms with Crippen LogP contribution in [0.2, 0.25) is 0 Å². The molecule has 2 aromatic rings. The van der Waals surface area contributed by atoms with Gasteiger partial charge in [-0.3, -0.25) is 4.79 Å². The number of carbonyl (C=O) groups excluding carboxylic acids is 1. The molecule has 0 unspecified atom stereocenters. The van der Waals surface area contributed by atoms with E-state index in [1.54, 1.807) is 11.3 Å². The topological polar surface area (TPSA) is 49.3 Å². The number of thiophene rings is 1. The normalized spacial score (nSPS) is 13.2. The fourth-order valence-electron chi connectivity index (χ4n) is 2.64. The highest BCUT2D eigenvalue weighted by Gasteiger charge is 2.19. The van der Waals surface area contributed by atoms with E-state index in [1.807, 2.05) is 6.07 Å². The Balaban J connectivity index is 1.97. The van der Waals surface area contributed by atoms with Crippen LogP contribution in [0.3, 0.4) is 0 Å². The number of benzene rings is 1. The van der Waals surface area contributed by atoms with Crippen molar-refractivity contribution in [2.45, 2.75) is 19.3 Å². The minimum absolute atomic E-state index is 0.0281. The number of carbonyl (C=O) groups is 1. The van der Waals surface area contributed by atoms with Crippen molar-refractivity contribution in [2.75, 3.05) is 13.2 Å². The first-order chi connectivity index (χ1) is 9.79. The van der Waals surface area contributed by atoms with Crippen LogP contribution in [0.5, 0.6) is 0 Å². The van der Waals surface area contributed by atoms with Crippen LogP contribution in [0.4, 0.5) is 0 Å². The smallest absolute Gasteiger partial charge is 0.261 e. The van der Waals surface area contributed by atoms with Crippen molar-refractivity contribution < 1.29 is 9.90 Å². The van der Waals surface area contributed by atoms with Crippen molar-refractivity contribution in [1.29, 1.82) is 0 Å². The van der Waals surface area contributed by atoms with Crippen LogP contribution < -0.4 is 5.32 Å². The molecule has 0 saturated carbocycles. The molecule has 20 heavy (non-hydrogen) atoms. The second-order valence-electron chi connectivity index (χ2n) is 4.96. The summed E-state index contributed by atoms with van der Waals surface area (Å²) in [7, 11) is 0. The molecule has 0 radical (unpaired) electrons. The summed E-state index contributed by atoms with van der Waals surface area (Å²) in [5, 5.41) is 11.5. The molecule has 104 valence electrons.